The predicted octanol–water partition coefficient (Wildman–Crippen LogP) is 2.78. The van der Waals surface area contributed by atoms with Gasteiger partial charge < -0.3 is 15.0 Å². The fraction of sp³-hybridized carbons (Fsp3) is 0.190. The van der Waals surface area contributed by atoms with Crippen LogP contribution in [0.25, 0.3) is 10.9 Å². The number of pyridine rings is 1. The van der Waals surface area contributed by atoms with Gasteiger partial charge in [-0.3, -0.25) is 14.6 Å². The van der Waals surface area contributed by atoms with E-state index in [1.807, 2.05) is 48.5 Å². The predicted molar refractivity (Wildman–Crippen MR) is 105 cm³/mol. The fourth-order valence-electron chi connectivity index (χ4n) is 2.78. The molecule has 1 N–H and O–H groups in total. The molecule has 1 aromatic heterocycles. The van der Waals surface area contributed by atoms with Crippen LogP contribution in [0.4, 0.5) is 5.69 Å². The Morgan fingerprint density at radius 1 is 1.04 bits per heavy atom. The Balaban J connectivity index is 1.59. The fourth-order valence-corrected chi connectivity index (χ4v) is 2.78. The van der Waals surface area contributed by atoms with Gasteiger partial charge in [0.25, 0.3) is 5.91 Å². The zero-order chi connectivity index (χ0) is 19.1. The minimum absolute atomic E-state index is 0.0695. The van der Waals surface area contributed by atoms with Crippen LogP contribution < -0.4 is 15.0 Å². The van der Waals surface area contributed by atoms with E-state index in [4.69, 9.17) is 4.74 Å². The molecule has 0 aliphatic carbocycles. The molecule has 138 valence electrons. The van der Waals surface area contributed by atoms with Gasteiger partial charge in [-0.2, -0.15) is 0 Å². The maximum atomic E-state index is 12.1. The average Bonchev–Trinajstić information content (AvgIpc) is 2.70. The van der Waals surface area contributed by atoms with Gasteiger partial charge in [0.05, 0.1) is 11.2 Å². The lowest BCUT2D eigenvalue weighted by molar-refractivity contribution is -0.123. The highest BCUT2D eigenvalue weighted by atomic mass is 16.5. The molecule has 0 saturated heterocycles. The monoisotopic (exact) mass is 363 g/mol. The number of rotatable bonds is 7. The summed E-state index contributed by atoms with van der Waals surface area (Å²) in [4.78, 5) is 30.1. The third-order valence-corrected chi connectivity index (χ3v) is 4.05. The van der Waals surface area contributed by atoms with Crippen LogP contribution in [0.5, 0.6) is 5.75 Å². The van der Waals surface area contributed by atoms with Gasteiger partial charge in [0, 0.05) is 31.6 Å². The van der Waals surface area contributed by atoms with E-state index in [-0.39, 0.29) is 18.4 Å². The number of anilines is 1. The van der Waals surface area contributed by atoms with Crippen molar-refractivity contribution in [3.8, 4) is 5.75 Å². The highest BCUT2D eigenvalue weighted by molar-refractivity contribution is 6.01. The van der Waals surface area contributed by atoms with Gasteiger partial charge in [-0.15, -0.1) is 0 Å². The molecule has 0 atom stereocenters. The molecule has 0 unspecified atom stereocenters. The van der Waals surface area contributed by atoms with Gasteiger partial charge >= 0.3 is 0 Å². The summed E-state index contributed by atoms with van der Waals surface area (Å²) < 4.78 is 5.41. The lowest BCUT2D eigenvalue weighted by Crippen LogP contribution is -2.39. The van der Waals surface area contributed by atoms with Gasteiger partial charge in [-0.1, -0.05) is 36.4 Å². The van der Waals surface area contributed by atoms with E-state index in [9.17, 15) is 9.59 Å². The first-order valence-electron chi connectivity index (χ1n) is 8.71. The number of hydrogen-bond acceptors (Lipinski definition) is 4. The quantitative estimate of drug-likeness (QED) is 0.701. The number of ether oxygens (including phenoxy) is 1. The van der Waals surface area contributed by atoms with Crippen LogP contribution in [0.2, 0.25) is 0 Å². The third-order valence-electron chi connectivity index (χ3n) is 4.05. The van der Waals surface area contributed by atoms with Crippen molar-refractivity contribution >= 4 is 28.4 Å². The minimum Gasteiger partial charge on any atom is -0.484 e. The van der Waals surface area contributed by atoms with Crippen molar-refractivity contribution in [3.63, 3.8) is 0 Å². The summed E-state index contributed by atoms with van der Waals surface area (Å²) in [5, 5.41) is 3.74. The maximum Gasteiger partial charge on any atom is 0.258 e. The Morgan fingerprint density at radius 3 is 2.59 bits per heavy atom. The van der Waals surface area contributed by atoms with E-state index in [0.717, 1.165) is 16.6 Å². The summed E-state index contributed by atoms with van der Waals surface area (Å²) in [6.07, 6.45) is 1.70. The lowest BCUT2D eigenvalue weighted by atomic mass is 10.1. The zero-order valence-corrected chi connectivity index (χ0v) is 15.1. The second-order valence-electron chi connectivity index (χ2n) is 5.97. The molecule has 27 heavy (non-hydrogen) atoms. The van der Waals surface area contributed by atoms with Crippen molar-refractivity contribution in [1.29, 1.82) is 0 Å². The van der Waals surface area contributed by atoms with E-state index in [2.05, 4.69) is 10.3 Å². The van der Waals surface area contributed by atoms with E-state index in [1.54, 1.807) is 23.2 Å². The number of aromatic nitrogens is 1. The number of fused-ring (bicyclic) bond motifs is 1. The summed E-state index contributed by atoms with van der Waals surface area (Å²) in [5.41, 5.74) is 1.49. The van der Waals surface area contributed by atoms with Crippen LogP contribution in [0.3, 0.4) is 0 Å². The standard InChI is InChI=1S/C21H21N3O3/c1-16(25)24(19-11-5-7-17-8-6-12-23-21(17)19)14-13-22-20(26)15-27-18-9-3-2-4-10-18/h2-12H,13-15H2,1H3,(H,22,26). The molecule has 6 heteroatoms. The smallest absolute Gasteiger partial charge is 0.258 e. The summed E-state index contributed by atoms with van der Waals surface area (Å²) in [6, 6.07) is 18.7. The molecular formula is C21H21N3O3. The zero-order valence-electron chi connectivity index (χ0n) is 15.1. The van der Waals surface area contributed by atoms with Gasteiger partial charge in [-0.05, 0) is 24.3 Å². The maximum absolute atomic E-state index is 12.1. The summed E-state index contributed by atoms with van der Waals surface area (Å²) in [6.45, 7) is 2.10. The largest absolute Gasteiger partial charge is 0.484 e. The molecule has 0 aliphatic heterocycles. The molecule has 6 nitrogen and oxygen atoms in total. The number of amides is 2. The minimum atomic E-state index is -0.238. The molecule has 3 aromatic rings. The molecule has 0 saturated carbocycles. The Morgan fingerprint density at radius 2 is 1.81 bits per heavy atom. The van der Waals surface area contributed by atoms with Crippen LogP contribution in [0.15, 0.2) is 66.9 Å². The molecule has 2 amide bonds. The number of nitrogens with one attached hydrogen (secondary N) is 1. The summed E-state index contributed by atoms with van der Waals surface area (Å²) in [7, 11) is 0. The first-order valence-corrected chi connectivity index (χ1v) is 8.71. The molecule has 0 fully saturated rings. The molecule has 2 aromatic carbocycles. The topological polar surface area (TPSA) is 71.5 Å². The van der Waals surface area contributed by atoms with E-state index >= 15 is 0 Å². The molecular weight excluding hydrogens is 342 g/mol. The number of hydrogen-bond donors (Lipinski definition) is 1. The Kier molecular flexibility index (Phi) is 5.99. The van der Waals surface area contributed by atoms with Crippen molar-refractivity contribution in [2.75, 3.05) is 24.6 Å². The van der Waals surface area contributed by atoms with Crippen molar-refractivity contribution in [2.45, 2.75) is 6.92 Å². The van der Waals surface area contributed by atoms with Gasteiger partial charge in [0.2, 0.25) is 5.91 Å². The van der Waals surface area contributed by atoms with Crippen LogP contribution in [-0.2, 0) is 9.59 Å². The third kappa shape index (κ3) is 4.82. The number of carbonyl (C=O) groups excluding carboxylic acids is 2. The molecule has 0 radical (unpaired) electrons. The Bertz CT molecular complexity index is 923. The number of benzene rings is 2. The lowest BCUT2D eigenvalue weighted by Gasteiger charge is -2.22. The Labute approximate surface area is 157 Å². The normalized spacial score (nSPS) is 10.4. The van der Waals surface area contributed by atoms with Crippen molar-refractivity contribution in [2.24, 2.45) is 0 Å². The average molecular weight is 363 g/mol. The first kappa shape index (κ1) is 18.4. The second-order valence-corrected chi connectivity index (χ2v) is 5.97. The number of nitrogens with zero attached hydrogens (tertiary/aromatic N) is 2. The van der Waals surface area contributed by atoms with Crippen LogP contribution in [-0.4, -0.2) is 36.5 Å². The van der Waals surface area contributed by atoms with Gasteiger partial charge in [0.1, 0.15) is 5.75 Å². The highest BCUT2D eigenvalue weighted by Crippen LogP contribution is 2.24. The Hall–Kier alpha value is -3.41. The van der Waals surface area contributed by atoms with Gasteiger partial charge in [0.15, 0.2) is 6.61 Å². The van der Waals surface area contributed by atoms with Crippen molar-refractivity contribution in [3.05, 3.63) is 66.9 Å². The van der Waals surface area contributed by atoms with E-state index in [1.165, 1.54) is 6.92 Å². The molecule has 3 rings (SSSR count). The van der Waals surface area contributed by atoms with Gasteiger partial charge in [-0.25, -0.2) is 0 Å². The summed E-state index contributed by atoms with van der Waals surface area (Å²) in [5.74, 6) is 0.293. The van der Waals surface area contributed by atoms with Crippen LogP contribution in [0.1, 0.15) is 6.92 Å². The molecule has 0 bridgehead atoms. The van der Waals surface area contributed by atoms with E-state index in [0.29, 0.717) is 18.8 Å². The van der Waals surface area contributed by atoms with Crippen molar-refractivity contribution < 1.29 is 14.3 Å². The molecule has 0 spiro atoms. The van der Waals surface area contributed by atoms with Crippen molar-refractivity contribution in [1.82, 2.24) is 10.3 Å². The van der Waals surface area contributed by atoms with Crippen LogP contribution in [0, 0.1) is 0 Å². The van der Waals surface area contributed by atoms with Crippen LogP contribution >= 0.6 is 0 Å². The van der Waals surface area contributed by atoms with E-state index < -0.39 is 0 Å². The second kappa shape index (κ2) is 8.80. The molecule has 1 heterocycles. The number of carbonyl (C=O) groups is 2. The number of para-hydroxylation sites is 2. The molecule has 0 aliphatic rings. The highest BCUT2D eigenvalue weighted by Gasteiger charge is 2.15. The summed E-state index contributed by atoms with van der Waals surface area (Å²) >= 11 is 0. The first-order chi connectivity index (χ1) is 13.1. The SMILES string of the molecule is CC(=O)N(CCNC(=O)COc1ccccc1)c1cccc2cccnc12.